The van der Waals surface area contributed by atoms with E-state index in [1.54, 1.807) is 25.1 Å². The number of carbonyl (C=O) groups is 2. The topological polar surface area (TPSA) is 84.9 Å². The van der Waals surface area contributed by atoms with Gasteiger partial charge < -0.3 is 19.7 Å². The Kier molecular flexibility index (Phi) is 6.68. The van der Waals surface area contributed by atoms with Crippen LogP contribution in [0.15, 0.2) is 78.9 Å². The third kappa shape index (κ3) is 5.07. The largest absolute Gasteiger partial charge is 0.491 e. The molecule has 4 rings (SSSR count). The molecule has 0 bridgehead atoms. The maximum Gasteiger partial charge on any atom is 0.491 e. The smallest absolute Gasteiger partial charge is 0.456 e. The molecule has 2 atom stereocenters. The molecule has 0 saturated heterocycles. The molecule has 1 aliphatic rings. The summed E-state index contributed by atoms with van der Waals surface area (Å²) < 4.78 is 10.9. The van der Waals surface area contributed by atoms with Gasteiger partial charge in [0.1, 0.15) is 12.1 Å². The molecule has 0 radical (unpaired) electrons. The van der Waals surface area contributed by atoms with Crippen LogP contribution in [0.2, 0.25) is 0 Å². The normalized spacial score (nSPS) is 14.4. The van der Waals surface area contributed by atoms with Gasteiger partial charge in [-0.1, -0.05) is 66.7 Å². The number of hydrogen-bond donors (Lipinski definition) is 2. The van der Waals surface area contributed by atoms with Crippen molar-refractivity contribution in [2.75, 3.05) is 0 Å². The number of esters is 1. The van der Waals surface area contributed by atoms with E-state index in [4.69, 9.17) is 9.39 Å². The van der Waals surface area contributed by atoms with Crippen LogP contribution in [0.5, 0.6) is 0 Å². The highest BCUT2D eigenvalue weighted by atomic mass is 16.5. The Bertz CT molecular complexity index is 1090. The minimum atomic E-state index is -1.05. The van der Waals surface area contributed by atoms with Crippen molar-refractivity contribution >= 4 is 24.5 Å². The monoisotopic (exact) mass is 429 g/mol. The SMILES string of the molecule is C[C@@H](OC(=O)[C@H](Cc1ccccc1)NC(=O)c1ccc2c(c1)B(O)OC2)c1ccccc1. The van der Waals surface area contributed by atoms with Gasteiger partial charge in [0.05, 0.1) is 6.61 Å². The summed E-state index contributed by atoms with van der Waals surface area (Å²) in [7, 11) is -1.05. The predicted octanol–water partition coefficient (Wildman–Crippen LogP) is 2.55. The van der Waals surface area contributed by atoms with E-state index in [0.717, 1.165) is 16.7 Å². The van der Waals surface area contributed by atoms with Crippen LogP contribution < -0.4 is 10.8 Å². The van der Waals surface area contributed by atoms with Gasteiger partial charge in [-0.05, 0) is 41.2 Å². The van der Waals surface area contributed by atoms with E-state index >= 15 is 0 Å². The van der Waals surface area contributed by atoms with Crippen molar-refractivity contribution < 1.29 is 24.0 Å². The molecule has 7 heteroatoms. The van der Waals surface area contributed by atoms with Gasteiger partial charge in [-0.25, -0.2) is 4.79 Å². The molecule has 0 aromatic heterocycles. The molecule has 1 heterocycles. The minimum Gasteiger partial charge on any atom is -0.456 e. The molecule has 0 spiro atoms. The van der Waals surface area contributed by atoms with Crippen molar-refractivity contribution in [1.29, 1.82) is 0 Å². The molecule has 0 unspecified atom stereocenters. The van der Waals surface area contributed by atoms with Crippen molar-refractivity contribution in [3.63, 3.8) is 0 Å². The zero-order valence-electron chi connectivity index (χ0n) is 17.7. The number of ether oxygens (including phenoxy) is 1. The highest BCUT2D eigenvalue weighted by molar-refractivity contribution is 6.61. The van der Waals surface area contributed by atoms with Gasteiger partial charge >= 0.3 is 13.1 Å². The summed E-state index contributed by atoms with van der Waals surface area (Å²) >= 11 is 0. The quantitative estimate of drug-likeness (QED) is 0.446. The van der Waals surface area contributed by atoms with Crippen molar-refractivity contribution in [3.05, 3.63) is 101 Å². The number of nitrogens with one attached hydrogen (secondary N) is 1. The summed E-state index contributed by atoms with van der Waals surface area (Å²) in [5.74, 6) is -0.930. The molecule has 3 aromatic carbocycles. The molecule has 3 aromatic rings. The van der Waals surface area contributed by atoms with E-state index in [1.807, 2.05) is 60.7 Å². The molecule has 0 saturated carbocycles. The lowest BCUT2D eigenvalue weighted by Crippen LogP contribution is -2.44. The first-order chi connectivity index (χ1) is 15.5. The Morgan fingerprint density at radius 3 is 2.47 bits per heavy atom. The lowest BCUT2D eigenvalue weighted by Gasteiger charge is -2.21. The summed E-state index contributed by atoms with van der Waals surface area (Å²) in [6, 6.07) is 23.0. The number of amides is 1. The van der Waals surface area contributed by atoms with E-state index < -0.39 is 31.1 Å². The van der Waals surface area contributed by atoms with Gasteiger partial charge in [-0.3, -0.25) is 4.79 Å². The average molecular weight is 429 g/mol. The maximum atomic E-state index is 13.0. The van der Waals surface area contributed by atoms with Crippen LogP contribution in [0, 0.1) is 0 Å². The fourth-order valence-electron chi connectivity index (χ4n) is 3.69. The highest BCUT2D eigenvalue weighted by Crippen LogP contribution is 2.18. The molecule has 162 valence electrons. The van der Waals surface area contributed by atoms with Gasteiger partial charge in [0, 0.05) is 12.0 Å². The van der Waals surface area contributed by atoms with Gasteiger partial charge in [-0.15, -0.1) is 0 Å². The van der Waals surface area contributed by atoms with Crippen molar-refractivity contribution in [2.24, 2.45) is 0 Å². The van der Waals surface area contributed by atoms with Crippen LogP contribution in [0.25, 0.3) is 0 Å². The number of rotatable bonds is 7. The fraction of sp³-hybridized carbons (Fsp3) is 0.200. The summed E-state index contributed by atoms with van der Waals surface area (Å²) in [5.41, 5.74) is 3.52. The third-order valence-electron chi connectivity index (χ3n) is 5.51. The summed E-state index contributed by atoms with van der Waals surface area (Å²) in [6.45, 7) is 2.11. The van der Waals surface area contributed by atoms with Crippen LogP contribution >= 0.6 is 0 Å². The third-order valence-corrected chi connectivity index (χ3v) is 5.51. The minimum absolute atomic E-state index is 0.295. The van der Waals surface area contributed by atoms with Gasteiger partial charge in [-0.2, -0.15) is 0 Å². The van der Waals surface area contributed by atoms with E-state index in [0.29, 0.717) is 24.1 Å². The van der Waals surface area contributed by atoms with Crippen LogP contribution in [-0.4, -0.2) is 30.1 Å². The van der Waals surface area contributed by atoms with E-state index in [2.05, 4.69) is 5.32 Å². The lowest BCUT2D eigenvalue weighted by atomic mass is 9.78. The molecule has 0 aliphatic carbocycles. The van der Waals surface area contributed by atoms with E-state index in [9.17, 15) is 14.6 Å². The second-order valence-corrected chi connectivity index (χ2v) is 7.78. The van der Waals surface area contributed by atoms with Gasteiger partial charge in [0.2, 0.25) is 0 Å². The summed E-state index contributed by atoms with van der Waals surface area (Å²) in [4.78, 5) is 26.0. The first-order valence-corrected chi connectivity index (χ1v) is 10.5. The van der Waals surface area contributed by atoms with Gasteiger partial charge in [0.15, 0.2) is 0 Å². The Hall–Kier alpha value is -3.42. The second kappa shape index (κ2) is 9.81. The Labute approximate surface area is 187 Å². The Morgan fingerprint density at radius 2 is 1.75 bits per heavy atom. The predicted molar refractivity (Wildman–Crippen MR) is 121 cm³/mol. The molecule has 1 amide bonds. The molecular formula is C25H24BNO5. The number of hydrogen-bond acceptors (Lipinski definition) is 5. The van der Waals surface area contributed by atoms with Crippen LogP contribution in [0.3, 0.4) is 0 Å². The number of carbonyl (C=O) groups excluding carboxylic acids is 2. The Morgan fingerprint density at radius 1 is 1.06 bits per heavy atom. The summed E-state index contributed by atoms with van der Waals surface area (Å²) in [6.07, 6.45) is -0.157. The highest BCUT2D eigenvalue weighted by Gasteiger charge is 2.29. The molecule has 32 heavy (non-hydrogen) atoms. The summed E-state index contributed by atoms with van der Waals surface area (Å²) in [5, 5.41) is 12.7. The second-order valence-electron chi connectivity index (χ2n) is 7.78. The molecule has 1 aliphatic heterocycles. The molecule has 2 N–H and O–H groups in total. The van der Waals surface area contributed by atoms with Crippen LogP contribution in [0.4, 0.5) is 0 Å². The first kappa shape index (κ1) is 21.8. The van der Waals surface area contributed by atoms with E-state index in [1.165, 1.54) is 0 Å². The number of benzene rings is 3. The zero-order valence-corrected chi connectivity index (χ0v) is 17.7. The van der Waals surface area contributed by atoms with E-state index in [-0.39, 0.29) is 0 Å². The fourth-order valence-corrected chi connectivity index (χ4v) is 3.69. The first-order valence-electron chi connectivity index (χ1n) is 10.5. The zero-order chi connectivity index (χ0) is 22.5. The molecule has 0 fully saturated rings. The standard InChI is InChI=1S/C25H24BNO5/c1-17(19-10-6-3-7-11-19)32-25(29)23(14-18-8-4-2-5-9-18)27-24(28)20-12-13-21-16-31-26(30)22(21)15-20/h2-13,15,17,23,30H,14,16H2,1H3,(H,27,28)/t17-,23+/m1/s1. The van der Waals surface area contributed by atoms with Crippen LogP contribution in [-0.2, 0) is 27.2 Å². The van der Waals surface area contributed by atoms with Crippen molar-refractivity contribution in [3.8, 4) is 0 Å². The Balaban J connectivity index is 1.52. The van der Waals surface area contributed by atoms with Crippen molar-refractivity contribution in [1.82, 2.24) is 5.32 Å². The van der Waals surface area contributed by atoms with Crippen LogP contribution in [0.1, 0.15) is 40.1 Å². The van der Waals surface area contributed by atoms with Gasteiger partial charge in [0.25, 0.3) is 5.91 Å². The number of fused-ring (bicyclic) bond motifs is 1. The van der Waals surface area contributed by atoms with Crippen molar-refractivity contribution in [2.45, 2.75) is 32.1 Å². The molecule has 6 nitrogen and oxygen atoms in total. The lowest BCUT2D eigenvalue weighted by molar-refractivity contribution is -0.151. The average Bonchev–Trinajstić information content (AvgIpc) is 3.19. The maximum absolute atomic E-state index is 13.0. The molecular weight excluding hydrogens is 405 g/mol.